The molecular formula is C28H24N4O6+2. The number of rotatable bonds is 11. The van der Waals surface area contributed by atoms with Crippen LogP contribution in [0.4, 0.5) is 11.4 Å². The highest BCUT2D eigenvalue weighted by Gasteiger charge is 2.15. The van der Waals surface area contributed by atoms with Crippen molar-refractivity contribution in [1.29, 1.82) is 0 Å². The van der Waals surface area contributed by atoms with Gasteiger partial charge in [0, 0.05) is 59.7 Å². The number of non-ortho nitro benzene ring substituents is 2. The van der Waals surface area contributed by atoms with Crippen molar-refractivity contribution in [3.05, 3.63) is 140 Å². The van der Waals surface area contributed by atoms with Crippen molar-refractivity contribution in [3.8, 4) is 0 Å². The van der Waals surface area contributed by atoms with Crippen LogP contribution in [0.15, 0.2) is 97.6 Å². The largest absolute Gasteiger partial charge is 0.287 e. The predicted molar refractivity (Wildman–Crippen MR) is 136 cm³/mol. The van der Waals surface area contributed by atoms with Crippen molar-refractivity contribution in [3.63, 3.8) is 0 Å². The minimum atomic E-state index is -0.500. The molecule has 0 bridgehead atoms. The van der Waals surface area contributed by atoms with E-state index in [1.54, 1.807) is 9.13 Å². The van der Waals surface area contributed by atoms with Gasteiger partial charge in [-0.2, -0.15) is 9.13 Å². The lowest BCUT2D eigenvalue weighted by Crippen LogP contribution is -2.37. The molecule has 0 amide bonds. The lowest BCUT2D eigenvalue weighted by molar-refractivity contribution is -0.683. The first-order valence-electron chi connectivity index (χ1n) is 11.8. The lowest BCUT2D eigenvalue weighted by atomic mass is 10.1. The van der Waals surface area contributed by atoms with E-state index in [4.69, 9.17) is 0 Å². The topological polar surface area (TPSA) is 128 Å². The molecule has 0 N–H and O–H groups in total. The maximum atomic E-state index is 12.5. The molecule has 0 aliphatic carbocycles. The third-order valence-electron chi connectivity index (χ3n) is 6.08. The van der Waals surface area contributed by atoms with Gasteiger partial charge in [0.05, 0.1) is 9.85 Å². The van der Waals surface area contributed by atoms with Gasteiger partial charge in [-0.25, -0.2) is 0 Å². The molecule has 10 nitrogen and oxygen atoms in total. The van der Waals surface area contributed by atoms with Crippen molar-refractivity contribution in [2.24, 2.45) is 0 Å². The molecule has 4 aromatic rings. The van der Waals surface area contributed by atoms with Crippen LogP contribution in [0.25, 0.3) is 0 Å². The van der Waals surface area contributed by atoms with Gasteiger partial charge in [0.25, 0.3) is 11.4 Å². The number of carbonyl (C=O) groups excluding carboxylic acids is 2. The molecule has 0 atom stereocenters. The molecule has 2 aromatic heterocycles. The highest BCUT2D eigenvalue weighted by atomic mass is 16.6. The van der Waals surface area contributed by atoms with E-state index in [0.29, 0.717) is 11.1 Å². The van der Waals surface area contributed by atoms with Gasteiger partial charge in [0.1, 0.15) is 0 Å². The molecule has 0 saturated carbocycles. The molecule has 2 aromatic carbocycles. The van der Waals surface area contributed by atoms with Gasteiger partial charge in [0.2, 0.25) is 24.7 Å². The minimum Gasteiger partial charge on any atom is -0.287 e. The molecule has 0 aliphatic rings. The first-order valence-corrected chi connectivity index (χ1v) is 11.8. The molecule has 4 rings (SSSR count). The maximum absolute atomic E-state index is 12.5. The van der Waals surface area contributed by atoms with Crippen LogP contribution in [0, 0.1) is 20.2 Å². The van der Waals surface area contributed by atoms with Crippen molar-refractivity contribution >= 4 is 22.9 Å². The van der Waals surface area contributed by atoms with Crippen LogP contribution in [0.5, 0.6) is 0 Å². The summed E-state index contributed by atoms with van der Waals surface area (Å²) in [5.74, 6) is -0.274. The SMILES string of the molecule is O=C(C[n+]1ccc(CCc2cc[n+](CC(=O)c3ccc([N+](=O)[O-])cc3)cc2)cc1)c1ccc([N+](=O)[O-])cc1. The summed E-state index contributed by atoms with van der Waals surface area (Å²) in [5, 5.41) is 21.5. The molecule has 2 heterocycles. The Balaban J connectivity index is 1.27. The van der Waals surface area contributed by atoms with Gasteiger partial charge in [-0.3, -0.25) is 29.8 Å². The lowest BCUT2D eigenvalue weighted by Gasteiger charge is -2.03. The molecule has 190 valence electrons. The molecule has 10 heteroatoms. The van der Waals surface area contributed by atoms with Crippen LogP contribution >= 0.6 is 0 Å². The Hall–Kier alpha value is -5.12. The third kappa shape index (κ3) is 6.76. The second-order valence-electron chi connectivity index (χ2n) is 8.71. The van der Waals surface area contributed by atoms with E-state index in [9.17, 15) is 29.8 Å². The Labute approximate surface area is 217 Å². The number of Topliss-reactive ketones (excluding diaryl/α,β-unsaturated/α-hetero) is 2. The summed E-state index contributed by atoms with van der Waals surface area (Å²) >= 11 is 0. The highest BCUT2D eigenvalue weighted by molar-refractivity contribution is 5.95. The summed E-state index contributed by atoms with van der Waals surface area (Å²) in [7, 11) is 0. The monoisotopic (exact) mass is 512 g/mol. The second-order valence-corrected chi connectivity index (χ2v) is 8.71. The van der Waals surface area contributed by atoms with E-state index < -0.39 is 9.85 Å². The Morgan fingerprint density at radius 1 is 0.553 bits per heavy atom. The van der Waals surface area contributed by atoms with E-state index in [1.165, 1.54) is 48.5 Å². The van der Waals surface area contributed by atoms with Crippen LogP contribution < -0.4 is 9.13 Å². The number of carbonyl (C=O) groups is 2. The van der Waals surface area contributed by atoms with Gasteiger partial charge in [-0.05, 0) is 48.2 Å². The number of benzene rings is 2. The highest BCUT2D eigenvalue weighted by Crippen LogP contribution is 2.13. The molecule has 0 aliphatic heterocycles. The van der Waals surface area contributed by atoms with Gasteiger partial charge >= 0.3 is 0 Å². The fourth-order valence-electron chi connectivity index (χ4n) is 3.86. The van der Waals surface area contributed by atoms with Gasteiger partial charge in [-0.1, -0.05) is 0 Å². The van der Waals surface area contributed by atoms with Gasteiger partial charge in [-0.15, -0.1) is 0 Å². The van der Waals surface area contributed by atoms with E-state index in [2.05, 4.69) is 0 Å². The number of ketones is 2. The van der Waals surface area contributed by atoms with E-state index in [0.717, 1.165) is 24.0 Å². The molecule has 0 fully saturated rings. The zero-order chi connectivity index (χ0) is 27.1. The first kappa shape index (κ1) is 26.0. The average Bonchev–Trinajstić information content (AvgIpc) is 2.93. The molecule has 0 saturated heterocycles. The second kappa shape index (κ2) is 11.7. The number of hydrogen-bond donors (Lipinski definition) is 0. The van der Waals surface area contributed by atoms with E-state index in [1.807, 2.05) is 49.1 Å². The maximum Gasteiger partial charge on any atom is 0.269 e. The Morgan fingerprint density at radius 3 is 1.16 bits per heavy atom. The molecular weight excluding hydrogens is 488 g/mol. The fraction of sp³-hybridized carbons (Fsp3) is 0.143. The number of aryl methyl sites for hydroxylation is 2. The molecule has 0 radical (unpaired) electrons. The molecule has 38 heavy (non-hydrogen) atoms. The Morgan fingerprint density at radius 2 is 0.868 bits per heavy atom. The number of nitrogens with zero attached hydrogens (tertiary/aromatic N) is 4. The Kier molecular flexibility index (Phi) is 8.02. The third-order valence-corrected chi connectivity index (χ3v) is 6.08. The van der Waals surface area contributed by atoms with Crippen LogP contribution in [0.2, 0.25) is 0 Å². The standard InChI is InChI=1S/C28H24N4O6/c33-27(23-3-7-25(8-4-23)31(35)36)19-29-15-11-21(12-16-29)1-2-22-13-17-30(18-14-22)20-28(34)24-5-9-26(10-6-24)32(37)38/h3-18H,1-2,19-20H2/q+2. The van der Waals surface area contributed by atoms with Crippen molar-refractivity contribution in [2.75, 3.05) is 0 Å². The summed E-state index contributed by atoms with van der Waals surface area (Å²) in [5.41, 5.74) is 2.94. The molecule has 0 spiro atoms. The summed E-state index contributed by atoms with van der Waals surface area (Å²) < 4.78 is 3.53. The first-order chi connectivity index (χ1) is 18.3. The van der Waals surface area contributed by atoms with Crippen LogP contribution in [-0.2, 0) is 25.9 Å². The number of hydrogen-bond acceptors (Lipinski definition) is 6. The summed E-state index contributed by atoms with van der Waals surface area (Å²) in [4.78, 5) is 45.5. The number of nitro groups is 2. The zero-order valence-electron chi connectivity index (χ0n) is 20.3. The number of pyridine rings is 2. The van der Waals surface area contributed by atoms with Crippen LogP contribution in [-0.4, -0.2) is 21.4 Å². The normalized spacial score (nSPS) is 10.6. The predicted octanol–water partition coefficient (Wildman–Crippen LogP) is 3.63. The van der Waals surface area contributed by atoms with Gasteiger partial charge < -0.3 is 0 Å². The van der Waals surface area contributed by atoms with Crippen molar-refractivity contribution in [1.82, 2.24) is 0 Å². The average molecular weight is 513 g/mol. The van der Waals surface area contributed by atoms with E-state index >= 15 is 0 Å². The number of aromatic nitrogens is 2. The smallest absolute Gasteiger partial charge is 0.269 e. The molecule has 0 unspecified atom stereocenters. The van der Waals surface area contributed by atoms with Crippen molar-refractivity contribution < 1.29 is 28.6 Å². The van der Waals surface area contributed by atoms with Gasteiger partial charge in [0.15, 0.2) is 24.8 Å². The fourth-order valence-corrected chi connectivity index (χ4v) is 3.86. The summed E-state index contributed by atoms with van der Waals surface area (Å²) in [6, 6.07) is 19.0. The minimum absolute atomic E-state index is 0.0532. The summed E-state index contributed by atoms with van der Waals surface area (Å²) in [6.45, 7) is 0.269. The Bertz CT molecular complexity index is 1350. The zero-order valence-corrected chi connectivity index (χ0v) is 20.3. The van der Waals surface area contributed by atoms with E-state index in [-0.39, 0.29) is 36.0 Å². The van der Waals surface area contributed by atoms with Crippen molar-refractivity contribution in [2.45, 2.75) is 25.9 Å². The number of nitro benzene ring substituents is 2. The quantitative estimate of drug-likeness (QED) is 0.131. The van der Waals surface area contributed by atoms with Crippen LogP contribution in [0.3, 0.4) is 0 Å². The summed E-state index contributed by atoms with van der Waals surface area (Å²) in [6.07, 6.45) is 8.93. The van der Waals surface area contributed by atoms with Crippen LogP contribution in [0.1, 0.15) is 31.8 Å².